The van der Waals surface area contributed by atoms with E-state index in [2.05, 4.69) is 11.1 Å². The number of aromatic nitrogens is 1. The lowest BCUT2D eigenvalue weighted by molar-refractivity contribution is 0.0732. The number of hydrogen-bond acceptors (Lipinski definition) is 3. The van der Waals surface area contributed by atoms with Crippen LogP contribution < -0.4 is 0 Å². The first kappa shape index (κ1) is 13.9. The van der Waals surface area contributed by atoms with Crippen LogP contribution in [0.1, 0.15) is 34.2 Å². The number of hydrogen-bond donors (Lipinski definition) is 0. The van der Waals surface area contributed by atoms with Crippen molar-refractivity contribution in [1.29, 1.82) is 0 Å². The number of halogens is 2. The van der Waals surface area contributed by atoms with Gasteiger partial charge in [0.15, 0.2) is 0 Å². The van der Waals surface area contributed by atoms with Crippen molar-refractivity contribution in [2.24, 2.45) is 0 Å². The fourth-order valence-electron chi connectivity index (χ4n) is 2.49. The molecule has 0 aromatic carbocycles. The molecule has 1 amide bonds. The lowest BCUT2D eigenvalue weighted by Gasteiger charge is -2.23. The van der Waals surface area contributed by atoms with E-state index in [1.165, 1.54) is 4.88 Å². The minimum Gasteiger partial charge on any atom is -0.329 e. The Morgan fingerprint density at radius 3 is 2.95 bits per heavy atom. The van der Waals surface area contributed by atoms with Crippen LogP contribution in [0.3, 0.4) is 0 Å². The largest absolute Gasteiger partial charge is 0.329 e. The summed E-state index contributed by atoms with van der Waals surface area (Å²) >= 11 is 13.6. The number of rotatable bonds is 2. The second kappa shape index (κ2) is 5.72. The zero-order valence-corrected chi connectivity index (χ0v) is 12.9. The van der Waals surface area contributed by atoms with E-state index in [0.717, 1.165) is 19.4 Å². The van der Waals surface area contributed by atoms with Gasteiger partial charge in [-0.15, -0.1) is 11.3 Å². The van der Waals surface area contributed by atoms with Crippen molar-refractivity contribution >= 4 is 40.4 Å². The quantitative estimate of drug-likeness (QED) is 0.765. The topological polar surface area (TPSA) is 33.2 Å². The zero-order valence-electron chi connectivity index (χ0n) is 10.6. The highest BCUT2D eigenvalue weighted by molar-refractivity contribution is 7.10. The molecule has 1 atom stereocenters. The molecule has 0 aliphatic carbocycles. The van der Waals surface area contributed by atoms with E-state index in [9.17, 15) is 4.79 Å². The Morgan fingerprint density at radius 1 is 1.35 bits per heavy atom. The highest BCUT2D eigenvalue weighted by atomic mass is 35.5. The minimum atomic E-state index is -0.145. The first-order valence-electron chi connectivity index (χ1n) is 6.33. The van der Waals surface area contributed by atoms with Crippen molar-refractivity contribution in [1.82, 2.24) is 9.88 Å². The number of amides is 1. The van der Waals surface area contributed by atoms with Crippen molar-refractivity contribution in [3.8, 4) is 0 Å². The van der Waals surface area contributed by atoms with Gasteiger partial charge in [0.2, 0.25) is 0 Å². The molecule has 20 heavy (non-hydrogen) atoms. The Bertz CT molecular complexity index is 630. The van der Waals surface area contributed by atoms with Crippen molar-refractivity contribution in [3.63, 3.8) is 0 Å². The number of nitrogens with zero attached hydrogens (tertiary/aromatic N) is 2. The van der Waals surface area contributed by atoms with E-state index in [0.29, 0.717) is 5.02 Å². The van der Waals surface area contributed by atoms with Gasteiger partial charge in [0.1, 0.15) is 10.8 Å². The highest BCUT2D eigenvalue weighted by Crippen LogP contribution is 2.36. The van der Waals surface area contributed by atoms with Crippen molar-refractivity contribution in [3.05, 3.63) is 50.4 Å². The van der Waals surface area contributed by atoms with Crippen LogP contribution in [-0.2, 0) is 0 Å². The summed E-state index contributed by atoms with van der Waals surface area (Å²) in [5.41, 5.74) is 0.239. The van der Waals surface area contributed by atoms with Crippen molar-refractivity contribution in [2.45, 2.75) is 18.9 Å². The lowest BCUT2D eigenvalue weighted by atomic mass is 10.2. The summed E-state index contributed by atoms with van der Waals surface area (Å²) in [4.78, 5) is 19.8. The van der Waals surface area contributed by atoms with Gasteiger partial charge >= 0.3 is 0 Å². The molecule has 1 unspecified atom stereocenters. The molecular formula is C14H12Cl2N2OS. The highest BCUT2D eigenvalue weighted by Gasteiger charge is 2.32. The Labute approximate surface area is 131 Å². The maximum Gasteiger partial charge on any atom is 0.274 e. The van der Waals surface area contributed by atoms with Gasteiger partial charge < -0.3 is 4.90 Å². The average molecular weight is 327 g/mol. The summed E-state index contributed by atoms with van der Waals surface area (Å²) in [6.45, 7) is 0.728. The smallest absolute Gasteiger partial charge is 0.274 e. The van der Waals surface area contributed by atoms with Gasteiger partial charge in [0.05, 0.1) is 11.1 Å². The maximum absolute atomic E-state index is 12.7. The first-order valence-corrected chi connectivity index (χ1v) is 7.97. The number of likely N-dealkylation sites (tertiary alicyclic amines) is 1. The van der Waals surface area contributed by atoms with E-state index >= 15 is 0 Å². The maximum atomic E-state index is 12.7. The van der Waals surface area contributed by atoms with E-state index in [-0.39, 0.29) is 22.8 Å². The van der Waals surface area contributed by atoms with Gasteiger partial charge in [-0.3, -0.25) is 4.79 Å². The molecule has 0 spiro atoms. The van der Waals surface area contributed by atoms with Crippen LogP contribution >= 0.6 is 34.5 Å². The second-order valence-corrected chi connectivity index (χ2v) is 6.41. The fourth-order valence-corrected chi connectivity index (χ4v) is 3.70. The van der Waals surface area contributed by atoms with E-state index < -0.39 is 0 Å². The third kappa shape index (κ3) is 2.55. The van der Waals surface area contributed by atoms with Gasteiger partial charge in [0.25, 0.3) is 5.91 Å². The first-order chi connectivity index (χ1) is 9.66. The monoisotopic (exact) mass is 326 g/mol. The molecule has 0 radical (unpaired) electrons. The summed E-state index contributed by atoms with van der Waals surface area (Å²) in [5, 5.41) is 2.65. The zero-order chi connectivity index (χ0) is 14.1. The molecule has 1 aliphatic rings. The molecule has 0 bridgehead atoms. The Morgan fingerprint density at radius 2 is 2.20 bits per heavy atom. The van der Waals surface area contributed by atoms with E-state index in [1.807, 2.05) is 16.3 Å². The Hall–Kier alpha value is -1.10. The van der Waals surface area contributed by atoms with E-state index in [4.69, 9.17) is 23.2 Å². The minimum absolute atomic E-state index is 0.124. The SMILES string of the molecule is O=C(c1nc(Cl)ccc1Cl)N1CCCC1c1cccs1. The van der Waals surface area contributed by atoms with E-state index in [1.54, 1.807) is 23.5 Å². The summed E-state index contributed by atoms with van der Waals surface area (Å²) in [6.07, 6.45) is 1.97. The summed E-state index contributed by atoms with van der Waals surface area (Å²) in [7, 11) is 0. The number of pyridine rings is 1. The molecule has 3 heterocycles. The van der Waals surface area contributed by atoms with Crippen LogP contribution in [0, 0.1) is 0 Å². The van der Waals surface area contributed by atoms with Gasteiger partial charge in [-0.2, -0.15) is 0 Å². The molecular weight excluding hydrogens is 315 g/mol. The molecule has 104 valence electrons. The molecule has 2 aromatic heterocycles. The number of thiophene rings is 1. The van der Waals surface area contributed by atoms with Gasteiger partial charge in [-0.25, -0.2) is 4.98 Å². The summed E-state index contributed by atoms with van der Waals surface area (Å²) in [6, 6.07) is 7.39. The molecule has 0 saturated carbocycles. The Balaban J connectivity index is 1.91. The third-order valence-electron chi connectivity index (χ3n) is 3.40. The average Bonchev–Trinajstić information content (AvgIpc) is 3.10. The second-order valence-electron chi connectivity index (χ2n) is 4.64. The predicted molar refractivity (Wildman–Crippen MR) is 81.6 cm³/mol. The van der Waals surface area contributed by atoms with Crippen LogP contribution in [0.15, 0.2) is 29.6 Å². The molecule has 6 heteroatoms. The van der Waals surface area contributed by atoms with Crippen LogP contribution in [0.25, 0.3) is 0 Å². The van der Waals surface area contributed by atoms with Crippen molar-refractivity contribution in [2.75, 3.05) is 6.54 Å². The fraction of sp³-hybridized carbons (Fsp3) is 0.286. The number of carbonyl (C=O) groups is 1. The van der Waals surface area contributed by atoms with Crippen LogP contribution in [-0.4, -0.2) is 22.3 Å². The third-order valence-corrected chi connectivity index (χ3v) is 4.89. The summed E-state index contributed by atoms with van der Waals surface area (Å²) < 4.78 is 0. The molecule has 3 rings (SSSR count). The molecule has 3 nitrogen and oxygen atoms in total. The van der Waals surface area contributed by atoms with Crippen LogP contribution in [0.4, 0.5) is 0 Å². The van der Waals surface area contributed by atoms with Gasteiger partial charge in [0, 0.05) is 11.4 Å². The van der Waals surface area contributed by atoms with Crippen molar-refractivity contribution < 1.29 is 4.79 Å². The molecule has 1 saturated heterocycles. The normalized spacial score (nSPS) is 18.5. The lowest BCUT2D eigenvalue weighted by Crippen LogP contribution is -2.31. The summed E-state index contributed by atoms with van der Waals surface area (Å²) in [5.74, 6) is -0.145. The molecule has 0 N–H and O–H groups in total. The molecule has 1 aliphatic heterocycles. The predicted octanol–water partition coefficient (Wildman–Crippen LogP) is 4.43. The standard InChI is InChI=1S/C14H12Cl2N2OS/c15-9-5-6-12(16)17-13(9)14(19)18-7-1-3-10(18)11-4-2-8-20-11/h2,4-6,8,10H,1,3,7H2. The number of carbonyl (C=O) groups excluding carboxylic acids is 1. The van der Waals surface area contributed by atoms with Crippen LogP contribution in [0.2, 0.25) is 10.2 Å². The van der Waals surface area contributed by atoms with Crippen LogP contribution in [0.5, 0.6) is 0 Å². The van der Waals surface area contributed by atoms with Gasteiger partial charge in [-0.05, 0) is 36.4 Å². The molecule has 2 aromatic rings. The van der Waals surface area contributed by atoms with Gasteiger partial charge in [-0.1, -0.05) is 29.3 Å². The molecule has 1 fully saturated rings. The Kier molecular flexibility index (Phi) is 3.96.